The van der Waals surface area contributed by atoms with Gasteiger partial charge in [-0.1, -0.05) is 42.0 Å². The number of benzene rings is 1. The first kappa shape index (κ1) is 22.1. The van der Waals surface area contributed by atoms with Crippen LogP contribution in [0.3, 0.4) is 0 Å². The molecule has 1 saturated carbocycles. The fraction of sp³-hybridized carbons (Fsp3) is 0.478. The molecule has 0 aromatic heterocycles. The Labute approximate surface area is 165 Å². The number of nitrogens with zero attached hydrogens (tertiary/aromatic N) is 1. The van der Waals surface area contributed by atoms with Gasteiger partial charge in [0.05, 0.1) is 0 Å². The third-order valence-electron chi connectivity index (χ3n) is 5.36. The normalized spacial score (nSPS) is 21.5. The molecule has 28 heavy (non-hydrogen) atoms. The first-order valence-electron chi connectivity index (χ1n) is 9.66. The molecule has 1 aliphatic carbocycles. The molecule has 5 heteroatoms. The summed E-state index contributed by atoms with van der Waals surface area (Å²) in [5.41, 5.74) is 2.76. The predicted octanol–water partition coefficient (Wildman–Crippen LogP) is 6.22. The second-order valence-corrected chi connectivity index (χ2v) is 7.69. The van der Waals surface area contributed by atoms with E-state index in [-0.39, 0.29) is 5.92 Å². The van der Waals surface area contributed by atoms with Crippen LogP contribution in [0.15, 0.2) is 47.5 Å². The van der Waals surface area contributed by atoms with Gasteiger partial charge in [0, 0.05) is 13.0 Å². The molecule has 0 amide bonds. The van der Waals surface area contributed by atoms with Crippen molar-refractivity contribution in [2.45, 2.75) is 51.6 Å². The lowest BCUT2D eigenvalue weighted by Gasteiger charge is -2.26. The molecule has 0 saturated heterocycles. The molecule has 1 fully saturated rings. The van der Waals surface area contributed by atoms with E-state index in [0.717, 1.165) is 54.2 Å². The summed E-state index contributed by atoms with van der Waals surface area (Å²) in [6.45, 7) is 5.85. The summed E-state index contributed by atoms with van der Waals surface area (Å²) in [6.07, 6.45) is 2.17. The maximum absolute atomic E-state index is 13.2. The van der Waals surface area contributed by atoms with Gasteiger partial charge in [-0.15, -0.1) is 0 Å². The van der Waals surface area contributed by atoms with Crippen LogP contribution in [-0.4, -0.2) is 25.2 Å². The highest BCUT2D eigenvalue weighted by Crippen LogP contribution is 2.33. The van der Waals surface area contributed by atoms with Gasteiger partial charge in [0.2, 0.25) is 0 Å². The largest absolute Gasteiger partial charge is 0.432 e. The SMILES string of the molecule is C=C(C)c1cccc(C/C(=C\C(=NC)C(F)(F)F)CC2CCC(C=O)CC2)c1. The quantitative estimate of drug-likeness (QED) is 0.401. The topological polar surface area (TPSA) is 29.4 Å². The number of allylic oxidation sites excluding steroid dienone is 3. The molecule has 1 aromatic rings. The average Bonchev–Trinajstić information content (AvgIpc) is 2.65. The van der Waals surface area contributed by atoms with Crippen LogP contribution in [0.5, 0.6) is 0 Å². The number of hydrogen-bond acceptors (Lipinski definition) is 2. The minimum absolute atomic E-state index is 0.0962. The molecular formula is C23H28F3NO. The Bertz CT molecular complexity index is 753. The van der Waals surface area contributed by atoms with E-state index in [2.05, 4.69) is 11.6 Å². The zero-order valence-electron chi connectivity index (χ0n) is 16.6. The predicted molar refractivity (Wildman–Crippen MR) is 108 cm³/mol. The molecule has 0 bridgehead atoms. The van der Waals surface area contributed by atoms with Crippen LogP contribution in [0.4, 0.5) is 13.2 Å². The lowest BCUT2D eigenvalue weighted by atomic mass is 9.79. The van der Waals surface area contributed by atoms with E-state index in [1.807, 2.05) is 31.2 Å². The van der Waals surface area contributed by atoms with E-state index in [9.17, 15) is 18.0 Å². The lowest BCUT2D eigenvalue weighted by Crippen LogP contribution is -2.22. The molecule has 2 nitrogen and oxygen atoms in total. The molecule has 0 atom stereocenters. The fourth-order valence-electron chi connectivity index (χ4n) is 3.76. The van der Waals surface area contributed by atoms with Crippen LogP contribution in [-0.2, 0) is 11.2 Å². The van der Waals surface area contributed by atoms with Crippen LogP contribution in [0.2, 0.25) is 0 Å². The molecule has 2 rings (SSSR count). The number of hydrogen-bond donors (Lipinski definition) is 0. The number of alkyl halides is 3. The van der Waals surface area contributed by atoms with Crippen LogP contribution in [0, 0.1) is 11.8 Å². The van der Waals surface area contributed by atoms with Crippen molar-refractivity contribution in [3.8, 4) is 0 Å². The summed E-state index contributed by atoms with van der Waals surface area (Å²) >= 11 is 0. The Hall–Kier alpha value is -2.17. The van der Waals surface area contributed by atoms with Gasteiger partial charge in [0.15, 0.2) is 0 Å². The van der Waals surface area contributed by atoms with Crippen molar-refractivity contribution < 1.29 is 18.0 Å². The molecule has 1 aromatic carbocycles. The molecule has 0 spiro atoms. The molecule has 0 aliphatic heterocycles. The zero-order chi connectivity index (χ0) is 20.7. The van der Waals surface area contributed by atoms with Gasteiger partial charge in [-0.3, -0.25) is 4.99 Å². The van der Waals surface area contributed by atoms with Crippen LogP contribution < -0.4 is 0 Å². The van der Waals surface area contributed by atoms with Gasteiger partial charge in [0.1, 0.15) is 12.0 Å². The molecular weight excluding hydrogens is 363 g/mol. The van der Waals surface area contributed by atoms with Crippen molar-refractivity contribution in [3.63, 3.8) is 0 Å². The number of carbonyl (C=O) groups is 1. The van der Waals surface area contributed by atoms with Crippen molar-refractivity contribution in [1.29, 1.82) is 0 Å². The van der Waals surface area contributed by atoms with Gasteiger partial charge in [-0.05, 0) is 68.6 Å². The monoisotopic (exact) mass is 391 g/mol. The summed E-state index contributed by atoms with van der Waals surface area (Å²) in [7, 11) is 1.17. The molecule has 152 valence electrons. The highest BCUT2D eigenvalue weighted by Gasteiger charge is 2.34. The third-order valence-corrected chi connectivity index (χ3v) is 5.36. The lowest BCUT2D eigenvalue weighted by molar-refractivity contribution is -0.112. The maximum Gasteiger partial charge on any atom is 0.432 e. The van der Waals surface area contributed by atoms with Gasteiger partial charge in [-0.25, -0.2) is 0 Å². The number of carbonyl (C=O) groups excluding carboxylic acids is 1. The Balaban J connectivity index is 2.24. The Morgan fingerprint density at radius 1 is 1.25 bits per heavy atom. The third kappa shape index (κ3) is 6.47. The van der Waals surface area contributed by atoms with E-state index in [4.69, 9.17) is 0 Å². The summed E-state index contributed by atoms with van der Waals surface area (Å²) < 4.78 is 39.7. The summed E-state index contributed by atoms with van der Waals surface area (Å²) in [5.74, 6) is 0.400. The number of aldehydes is 1. The van der Waals surface area contributed by atoms with Gasteiger partial charge < -0.3 is 4.79 Å². The van der Waals surface area contributed by atoms with Crippen molar-refractivity contribution in [3.05, 3.63) is 53.6 Å². The summed E-state index contributed by atoms with van der Waals surface area (Å²) in [4.78, 5) is 14.4. The number of rotatable bonds is 7. The van der Waals surface area contributed by atoms with E-state index in [0.29, 0.717) is 18.8 Å². The van der Waals surface area contributed by atoms with Crippen molar-refractivity contribution >= 4 is 17.6 Å². The van der Waals surface area contributed by atoms with Crippen LogP contribution >= 0.6 is 0 Å². The van der Waals surface area contributed by atoms with Crippen molar-refractivity contribution in [2.75, 3.05) is 7.05 Å². The summed E-state index contributed by atoms with van der Waals surface area (Å²) in [6, 6.07) is 7.77. The maximum atomic E-state index is 13.2. The summed E-state index contributed by atoms with van der Waals surface area (Å²) in [5, 5.41) is 0. The number of aliphatic imine (C=N–C) groups is 1. The second-order valence-electron chi connectivity index (χ2n) is 7.69. The number of halogens is 3. The zero-order valence-corrected chi connectivity index (χ0v) is 16.6. The van der Waals surface area contributed by atoms with Crippen LogP contribution in [0.25, 0.3) is 5.57 Å². The van der Waals surface area contributed by atoms with E-state index < -0.39 is 11.9 Å². The van der Waals surface area contributed by atoms with E-state index >= 15 is 0 Å². The molecule has 0 N–H and O–H groups in total. The Morgan fingerprint density at radius 2 is 1.93 bits per heavy atom. The van der Waals surface area contributed by atoms with Gasteiger partial charge in [0.25, 0.3) is 0 Å². The van der Waals surface area contributed by atoms with Crippen LogP contribution in [0.1, 0.15) is 50.2 Å². The van der Waals surface area contributed by atoms with Crippen molar-refractivity contribution in [1.82, 2.24) is 0 Å². The highest BCUT2D eigenvalue weighted by atomic mass is 19.4. The first-order chi connectivity index (χ1) is 13.2. The minimum Gasteiger partial charge on any atom is -0.303 e. The van der Waals surface area contributed by atoms with E-state index in [1.165, 1.54) is 13.1 Å². The molecule has 0 unspecified atom stereocenters. The minimum atomic E-state index is -4.46. The Kier molecular flexibility index (Phi) is 7.78. The van der Waals surface area contributed by atoms with Crippen molar-refractivity contribution in [2.24, 2.45) is 16.8 Å². The average molecular weight is 391 g/mol. The fourth-order valence-corrected chi connectivity index (χ4v) is 3.76. The molecule has 0 heterocycles. The molecule has 1 aliphatic rings. The standard InChI is InChI=1S/C23H28F3NO/c1-16(2)21-6-4-5-19(13-21)12-20(14-22(27-3)23(24,25)26)11-17-7-9-18(15-28)10-8-17/h4-6,13-15,17-18H,1,7-12H2,2-3H3/b20-14-,27-22?. The Morgan fingerprint density at radius 3 is 2.46 bits per heavy atom. The second kappa shape index (κ2) is 9.85. The highest BCUT2D eigenvalue weighted by molar-refractivity contribution is 5.99. The first-order valence-corrected chi connectivity index (χ1v) is 9.66. The van der Waals surface area contributed by atoms with Gasteiger partial charge >= 0.3 is 6.18 Å². The smallest absolute Gasteiger partial charge is 0.303 e. The molecule has 0 radical (unpaired) electrons. The van der Waals surface area contributed by atoms with E-state index in [1.54, 1.807) is 0 Å². The van der Waals surface area contributed by atoms with Gasteiger partial charge in [-0.2, -0.15) is 13.2 Å².